The summed E-state index contributed by atoms with van der Waals surface area (Å²) < 4.78 is 8.09. The molecular weight excluding hydrogens is 304 g/mol. The maximum absolute atomic E-state index is 5.99. The molecule has 2 saturated carbocycles. The van der Waals surface area contributed by atoms with Crippen molar-refractivity contribution in [2.24, 2.45) is 16.3 Å². The van der Waals surface area contributed by atoms with Crippen molar-refractivity contribution < 1.29 is 4.74 Å². The number of guanidine groups is 1. The molecule has 132 valence electrons. The first-order valence-corrected chi connectivity index (χ1v) is 9.24. The van der Waals surface area contributed by atoms with Crippen LogP contribution in [0.4, 0.5) is 0 Å². The molecule has 1 spiro atoms. The Morgan fingerprint density at radius 2 is 2.38 bits per heavy atom. The smallest absolute Gasteiger partial charge is 0.191 e. The predicted molar refractivity (Wildman–Crippen MR) is 91.8 cm³/mol. The molecule has 0 bridgehead atoms. The van der Waals surface area contributed by atoms with E-state index in [0.717, 1.165) is 37.9 Å². The summed E-state index contributed by atoms with van der Waals surface area (Å²) in [5, 5.41) is 15.2. The molecule has 7 heteroatoms. The van der Waals surface area contributed by atoms with Crippen LogP contribution < -0.4 is 10.6 Å². The molecule has 3 unspecified atom stereocenters. The highest BCUT2D eigenvalue weighted by atomic mass is 16.5. The summed E-state index contributed by atoms with van der Waals surface area (Å²) >= 11 is 0. The van der Waals surface area contributed by atoms with Gasteiger partial charge < -0.3 is 19.9 Å². The van der Waals surface area contributed by atoms with Crippen LogP contribution in [0.25, 0.3) is 0 Å². The summed E-state index contributed by atoms with van der Waals surface area (Å²) in [6.45, 7) is 4.69. The zero-order chi connectivity index (χ0) is 16.6. The summed E-state index contributed by atoms with van der Waals surface area (Å²) in [4.78, 5) is 4.42. The number of rotatable bonds is 5. The van der Waals surface area contributed by atoms with Gasteiger partial charge in [-0.2, -0.15) is 0 Å². The van der Waals surface area contributed by atoms with Gasteiger partial charge in [0.25, 0.3) is 0 Å². The molecule has 24 heavy (non-hydrogen) atoms. The van der Waals surface area contributed by atoms with Crippen LogP contribution in [0.3, 0.4) is 0 Å². The van der Waals surface area contributed by atoms with E-state index in [1.165, 1.54) is 25.7 Å². The molecule has 2 heterocycles. The van der Waals surface area contributed by atoms with E-state index in [1.54, 1.807) is 6.33 Å². The molecular formula is C17H28N6O. The lowest BCUT2D eigenvalue weighted by Gasteiger charge is -2.63. The van der Waals surface area contributed by atoms with Gasteiger partial charge in [-0.05, 0) is 19.3 Å². The van der Waals surface area contributed by atoms with Gasteiger partial charge in [0.1, 0.15) is 12.2 Å². The van der Waals surface area contributed by atoms with Crippen molar-refractivity contribution in [1.29, 1.82) is 0 Å². The van der Waals surface area contributed by atoms with E-state index in [2.05, 4.69) is 37.3 Å². The van der Waals surface area contributed by atoms with E-state index >= 15 is 0 Å². The molecule has 2 aliphatic carbocycles. The van der Waals surface area contributed by atoms with E-state index in [0.29, 0.717) is 23.5 Å². The average Bonchev–Trinajstić information content (AvgIpc) is 3.16. The topological polar surface area (TPSA) is 76.4 Å². The fourth-order valence-corrected chi connectivity index (χ4v) is 4.83. The first kappa shape index (κ1) is 15.9. The molecule has 2 N–H and O–H groups in total. The standard InChI is InChI=1S/C17H28N6O/c1-3-13-22-20-11-23(13)9-8-19-16(18-2)21-14-12-5-10-24-15(12)17(14)6-4-7-17/h11-12,14-15H,3-10H2,1-2H3,(H2,18,19,21). The van der Waals surface area contributed by atoms with Gasteiger partial charge >= 0.3 is 0 Å². The number of nitrogens with one attached hydrogen (secondary N) is 2. The number of aliphatic imine (C=N–C) groups is 1. The molecule has 3 aliphatic rings. The maximum Gasteiger partial charge on any atom is 0.191 e. The van der Waals surface area contributed by atoms with Gasteiger partial charge in [0.15, 0.2) is 5.96 Å². The van der Waals surface area contributed by atoms with Crippen LogP contribution in [-0.2, 0) is 17.7 Å². The summed E-state index contributed by atoms with van der Waals surface area (Å²) in [6, 6.07) is 0.520. The Morgan fingerprint density at radius 1 is 1.50 bits per heavy atom. The molecule has 0 radical (unpaired) electrons. The second-order valence-electron chi connectivity index (χ2n) is 7.25. The van der Waals surface area contributed by atoms with E-state index in [9.17, 15) is 0 Å². The van der Waals surface area contributed by atoms with Crippen molar-refractivity contribution >= 4 is 5.96 Å². The van der Waals surface area contributed by atoms with Gasteiger partial charge in [0, 0.05) is 50.5 Å². The third kappa shape index (κ3) is 2.41. The van der Waals surface area contributed by atoms with Crippen molar-refractivity contribution in [2.75, 3.05) is 20.2 Å². The van der Waals surface area contributed by atoms with E-state index < -0.39 is 0 Å². The van der Waals surface area contributed by atoms with Gasteiger partial charge in [0.05, 0.1) is 6.10 Å². The highest BCUT2D eigenvalue weighted by molar-refractivity contribution is 5.80. The number of hydrogen-bond donors (Lipinski definition) is 2. The van der Waals surface area contributed by atoms with Crippen LogP contribution in [0.5, 0.6) is 0 Å². The SMILES string of the molecule is CCc1nncn1CCNC(=NC)NC1C2CCOC2C12CCC2. The van der Waals surface area contributed by atoms with Crippen LogP contribution in [0, 0.1) is 11.3 Å². The third-order valence-corrected chi connectivity index (χ3v) is 6.21. The number of ether oxygens (including phenoxy) is 1. The summed E-state index contributed by atoms with van der Waals surface area (Å²) in [6.07, 6.45) is 8.30. The quantitative estimate of drug-likeness (QED) is 0.620. The van der Waals surface area contributed by atoms with Gasteiger partial charge in [-0.25, -0.2) is 0 Å². The van der Waals surface area contributed by atoms with Gasteiger partial charge in [0.2, 0.25) is 0 Å². The number of aromatic nitrogens is 3. The molecule has 1 aromatic heterocycles. The lowest BCUT2D eigenvalue weighted by molar-refractivity contribution is -0.171. The minimum absolute atomic E-state index is 0.377. The first-order chi connectivity index (χ1) is 11.8. The minimum Gasteiger partial charge on any atom is -0.377 e. The normalized spacial score (nSPS) is 30.6. The number of fused-ring (bicyclic) bond motifs is 2. The van der Waals surface area contributed by atoms with Crippen molar-refractivity contribution in [3.63, 3.8) is 0 Å². The lowest BCUT2D eigenvalue weighted by Crippen LogP contribution is -2.72. The molecule has 3 fully saturated rings. The number of hydrogen-bond acceptors (Lipinski definition) is 4. The van der Waals surface area contributed by atoms with Crippen LogP contribution in [-0.4, -0.2) is 53.1 Å². The molecule has 1 aliphatic heterocycles. The fourth-order valence-electron chi connectivity index (χ4n) is 4.83. The second-order valence-corrected chi connectivity index (χ2v) is 7.25. The largest absolute Gasteiger partial charge is 0.377 e. The highest BCUT2D eigenvalue weighted by Gasteiger charge is 2.66. The molecule has 4 rings (SSSR count). The molecule has 1 aromatic rings. The molecule has 7 nitrogen and oxygen atoms in total. The van der Waals surface area contributed by atoms with E-state index in [1.807, 2.05) is 7.05 Å². The molecule has 0 amide bonds. The van der Waals surface area contributed by atoms with Crippen molar-refractivity contribution in [1.82, 2.24) is 25.4 Å². The van der Waals surface area contributed by atoms with Crippen LogP contribution >= 0.6 is 0 Å². The van der Waals surface area contributed by atoms with Crippen molar-refractivity contribution in [2.45, 2.75) is 57.7 Å². The fraction of sp³-hybridized carbons (Fsp3) is 0.824. The first-order valence-electron chi connectivity index (χ1n) is 9.24. The Morgan fingerprint density at radius 3 is 3.08 bits per heavy atom. The maximum atomic E-state index is 5.99. The van der Waals surface area contributed by atoms with Crippen LogP contribution in [0.1, 0.15) is 38.4 Å². The Kier molecular flexibility index (Phi) is 4.20. The van der Waals surface area contributed by atoms with Crippen LogP contribution in [0.2, 0.25) is 0 Å². The highest BCUT2D eigenvalue weighted by Crippen LogP contribution is 2.62. The summed E-state index contributed by atoms with van der Waals surface area (Å²) in [5.41, 5.74) is 0.377. The average molecular weight is 332 g/mol. The van der Waals surface area contributed by atoms with Gasteiger partial charge in [-0.1, -0.05) is 13.3 Å². The summed E-state index contributed by atoms with van der Waals surface area (Å²) in [7, 11) is 1.85. The number of aryl methyl sites for hydroxylation is 1. The molecule has 3 atom stereocenters. The molecule has 1 saturated heterocycles. The number of nitrogens with zero attached hydrogens (tertiary/aromatic N) is 4. The molecule has 0 aromatic carbocycles. The minimum atomic E-state index is 0.377. The summed E-state index contributed by atoms with van der Waals surface area (Å²) in [5.74, 6) is 2.59. The van der Waals surface area contributed by atoms with E-state index in [-0.39, 0.29) is 0 Å². The second kappa shape index (κ2) is 6.35. The Bertz CT molecular complexity index is 608. The lowest BCUT2D eigenvalue weighted by atomic mass is 9.46. The zero-order valence-corrected chi connectivity index (χ0v) is 14.7. The predicted octanol–water partition coefficient (Wildman–Crippen LogP) is 0.963. The Balaban J connectivity index is 1.32. The third-order valence-electron chi connectivity index (χ3n) is 6.21. The Hall–Kier alpha value is -1.63. The zero-order valence-electron chi connectivity index (χ0n) is 14.7. The van der Waals surface area contributed by atoms with Crippen molar-refractivity contribution in [3.05, 3.63) is 12.2 Å². The van der Waals surface area contributed by atoms with Gasteiger partial charge in [-0.15, -0.1) is 10.2 Å². The van der Waals surface area contributed by atoms with Gasteiger partial charge in [-0.3, -0.25) is 4.99 Å². The van der Waals surface area contributed by atoms with Crippen molar-refractivity contribution in [3.8, 4) is 0 Å². The van der Waals surface area contributed by atoms with E-state index in [4.69, 9.17) is 4.74 Å². The Labute approximate surface area is 143 Å². The van der Waals surface area contributed by atoms with Crippen LogP contribution in [0.15, 0.2) is 11.3 Å². The monoisotopic (exact) mass is 332 g/mol.